The molecule has 0 aliphatic carbocycles. The fourth-order valence-corrected chi connectivity index (χ4v) is 7.09. The number of aliphatic hydroxyl groups is 1. The van der Waals surface area contributed by atoms with Crippen molar-refractivity contribution in [3.05, 3.63) is 92.6 Å². The Kier molecular flexibility index (Phi) is 10.4. The van der Waals surface area contributed by atoms with Gasteiger partial charge in [-0.3, -0.25) is 14.5 Å². The number of amides is 1. The average molecular weight is 689 g/mol. The highest BCUT2D eigenvalue weighted by Crippen LogP contribution is 2.46. The maximum absolute atomic E-state index is 13.8. The Morgan fingerprint density at radius 1 is 1.11 bits per heavy atom. The molecule has 1 amide bonds. The fourth-order valence-electron chi connectivity index (χ4n) is 4.66. The fraction of sp³-hybridized carbons (Fsp3) is 0.312. The van der Waals surface area contributed by atoms with Crippen molar-refractivity contribution >= 4 is 63.1 Å². The molecule has 1 unspecified atom stereocenters. The van der Waals surface area contributed by atoms with E-state index in [9.17, 15) is 14.7 Å². The number of hydrogen-bond acceptors (Lipinski definition) is 10. The molecule has 1 aliphatic rings. The molecular formula is C32H31Cl2N3O6S2. The van der Waals surface area contributed by atoms with Gasteiger partial charge < -0.3 is 19.0 Å². The van der Waals surface area contributed by atoms with E-state index >= 15 is 0 Å². The van der Waals surface area contributed by atoms with Gasteiger partial charge in [0.1, 0.15) is 5.76 Å². The lowest BCUT2D eigenvalue weighted by Gasteiger charge is -2.25. The maximum Gasteiger partial charge on any atom is 0.296 e. The third-order valence-corrected chi connectivity index (χ3v) is 9.61. The lowest BCUT2D eigenvalue weighted by molar-refractivity contribution is -0.117. The molecule has 5 rings (SSSR count). The second-order valence-electron chi connectivity index (χ2n) is 10.6. The first-order chi connectivity index (χ1) is 21.6. The molecule has 1 aliphatic heterocycles. The summed E-state index contributed by atoms with van der Waals surface area (Å²) in [6.45, 7) is 8.66. The van der Waals surface area contributed by atoms with E-state index in [0.717, 1.165) is 23.3 Å². The van der Waals surface area contributed by atoms with Crippen molar-refractivity contribution < 1.29 is 28.6 Å². The third-order valence-electron chi connectivity index (χ3n) is 6.92. The van der Waals surface area contributed by atoms with Crippen molar-refractivity contribution in [1.29, 1.82) is 0 Å². The number of aliphatic hydroxyl groups excluding tert-OH is 1. The molecule has 3 heterocycles. The summed E-state index contributed by atoms with van der Waals surface area (Å²) in [6, 6.07) is 12.6. The Bertz CT molecular complexity index is 1750. The van der Waals surface area contributed by atoms with Gasteiger partial charge in [-0.05, 0) is 73.7 Å². The number of benzene rings is 2. The number of carbonyl (C=O) groups is 2. The normalized spacial score (nSPS) is 15.0. The number of ketones is 1. The van der Waals surface area contributed by atoms with Crippen LogP contribution in [0.1, 0.15) is 60.7 Å². The summed E-state index contributed by atoms with van der Waals surface area (Å²) < 4.78 is 18.1. The molecule has 0 radical (unpaired) electrons. The molecule has 2 aromatic heterocycles. The molecule has 0 spiro atoms. The topological polar surface area (TPSA) is 115 Å². The average Bonchev–Trinajstić information content (AvgIpc) is 3.71. The second kappa shape index (κ2) is 14.3. The monoisotopic (exact) mass is 687 g/mol. The number of thioether (sulfide) groups is 1. The zero-order valence-corrected chi connectivity index (χ0v) is 28.1. The van der Waals surface area contributed by atoms with Gasteiger partial charge in [-0.1, -0.05) is 72.3 Å². The van der Waals surface area contributed by atoms with Gasteiger partial charge in [-0.15, -0.1) is 10.2 Å². The molecule has 0 bridgehead atoms. The van der Waals surface area contributed by atoms with Gasteiger partial charge in [-0.2, -0.15) is 0 Å². The van der Waals surface area contributed by atoms with Crippen LogP contribution in [0.2, 0.25) is 10.0 Å². The molecule has 9 nitrogen and oxygen atoms in total. The Morgan fingerprint density at radius 3 is 2.60 bits per heavy atom. The third kappa shape index (κ3) is 7.33. The van der Waals surface area contributed by atoms with Crippen LogP contribution in [0.5, 0.6) is 11.5 Å². The number of aryl methyl sites for hydroxylation is 1. The predicted molar refractivity (Wildman–Crippen MR) is 176 cm³/mol. The second-order valence-corrected chi connectivity index (χ2v) is 13.6. The Hall–Kier alpha value is -3.51. The lowest BCUT2D eigenvalue weighted by atomic mass is 9.95. The van der Waals surface area contributed by atoms with Crippen LogP contribution in [-0.4, -0.2) is 40.2 Å². The Balaban J connectivity index is 1.51. The SMILES string of the molecule is CCOc1cc(C2C(C(=O)c3ccc(C)o3)=C(O)C(=O)N2c2nnc(SCc3ccc(Cl)cc3Cl)s2)ccc1OCCC(C)C. The molecular weight excluding hydrogens is 657 g/mol. The molecule has 1 atom stereocenters. The summed E-state index contributed by atoms with van der Waals surface area (Å²) >= 11 is 14.9. The number of nitrogens with zero attached hydrogens (tertiary/aromatic N) is 3. The van der Waals surface area contributed by atoms with E-state index in [-0.39, 0.29) is 16.5 Å². The van der Waals surface area contributed by atoms with Crippen molar-refractivity contribution in [2.45, 2.75) is 50.3 Å². The molecule has 0 saturated carbocycles. The minimum Gasteiger partial charge on any atom is -0.503 e. The van der Waals surface area contributed by atoms with Crippen molar-refractivity contribution in [2.75, 3.05) is 18.1 Å². The lowest BCUT2D eigenvalue weighted by Crippen LogP contribution is -2.31. The molecule has 1 N–H and O–H groups in total. The van der Waals surface area contributed by atoms with Gasteiger partial charge in [0.25, 0.3) is 5.91 Å². The van der Waals surface area contributed by atoms with Crippen molar-refractivity contribution in [1.82, 2.24) is 10.2 Å². The van der Waals surface area contributed by atoms with Crippen LogP contribution in [0.25, 0.3) is 0 Å². The van der Waals surface area contributed by atoms with Gasteiger partial charge in [0, 0.05) is 15.8 Å². The number of Topliss-reactive ketones (excluding diaryl/α,β-unsaturated/α-hetero) is 1. The van der Waals surface area contributed by atoms with Crippen molar-refractivity contribution in [2.24, 2.45) is 5.92 Å². The zero-order chi connectivity index (χ0) is 32.2. The molecule has 0 fully saturated rings. The van der Waals surface area contributed by atoms with Crippen LogP contribution < -0.4 is 14.4 Å². The summed E-state index contributed by atoms with van der Waals surface area (Å²) in [5, 5.41) is 21.0. The van der Waals surface area contributed by atoms with E-state index in [0.29, 0.717) is 62.1 Å². The van der Waals surface area contributed by atoms with E-state index < -0.39 is 23.5 Å². The van der Waals surface area contributed by atoms with Gasteiger partial charge in [0.2, 0.25) is 10.9 Å². The van der Waals surface area contributed by atoms with E-state index in [1.165, 1.54) is 22.7 Å². The highest BCUT2D eigenvalue weighted by atomic mass is 35.5. The van der Waals surface area contributed by atoms with Crippen LogP contribution in [0.3, 0.4) is 0 Å². The standard InChI is InChI=1S/C32H31Cl2N3O6S2/c1-5-41-25-14-19(8-11-23(25)42-13-12-17(2)3)27-26(28(38)24-10-6-18(4)43-24)29(39)30(40)37(27)31-35-36-32(45-31)44-16-20-7-9-21(33)15-22(20)34/h6-11,14-15,17,27,39H,5,12-13,16H2,1-4H3. The minimum absolute atomic E-state index is 0.000669. The quantitative estimate of drug-likeness (QED) is 0.0837. The number of halogens is 2. The number of carbonyl (C=O) groups excluding carboxylic acids is 2. The number of ether oxygens (including phenoxy) is 2. The zero-order valence-electron chi connectivity index (χ0n) is 25.0. The van der Waals surface area contributed by atoms with Crippen molar-refractivity contribution in [3.63, 3.8) is 0 Å². The minimum atomic E-state index is -1.05. The number of furan rings is 1. The summed E-state index contributed by atoms with van der Waals surface area (Å²) in [5.74, 6) is 0.369. The highest BCUT2D eigenvalue weighted by molar-refractivity contribution is 8.00. The summed E-state index contributed by atoms with van der Waals surface area (Å²) in [4.78, 5) is 28.7. The van der Waals surface area contributed by atoms with Crippen LogP contribution in [0, 0.1) is 12.8 Å². The van der Waals surface area contributed by atoms with E-state index in [2.05, 4.69) is 24.0 Å². The predicted octanol–water partition coefficient (Wildman–Crippen LogP) is 8.65. The van der Waals surface area contributed by atoms with Crippen LogP contribution in [-0.2, 0) is 10.5 Å². The van der Waals surface area contributed by atoms with Crippen LogP contribution in [0.4, 0.5) is 5.13 Å². The summed E-state index contributed by atoms with van der Waals surface area (Å²) in [6.07, 6.45) is 0.859. The number of hydrogen-bond donors (Lipinski definition) is 1. The molecule has 236 valence electrons. The molecule has 4 aromatic rings. The molecule has 13 heteroatoms. The van der Waals surface area contributed by atoms with E-state index in [1.807, 2.05) is 13.0 Å². The molecule has 2 aromatic carbocycles. The van der Waals surface area contributed by atoms with E-state index in [1.54, 1.807) is 43.3 Å². The molecule has 0 saturated heterocycles. The number of aromatic nitrogens is 2. The van der Waals surface area contributed by atoms with Gasteiger partial charge in [0.05, 0.1) is 24.8 Å². The van der Waals surface area contributed by atoms with Gasteiger partial charge >= 0.3 is 0 Å². The maximum atomic E-state index is 13.8. The molecule has 45 heavy (non-hydrogen) atoms. The first kappa shape index (κ1) is 32.9. The Labute approximate surface area is 279 Å². The van der Waals surface area contributed by atoms with Crippen molar-refractivity contribution in [3.8, 4) is 11.5 Å². The first-order valence-electron chi connectivity index (χ1n) is 14.2. The summed E-state index contributed by atoms with van der Waals surface area (Å²) in [7, 11) is 0. The van der Waals surface area contributed by atoms with Crippen LogP contribution >= 0.6 is 46.3 Å². The summed E-state index contributed by atoms with van der Waals surface area (Å²) in [5.41, 5.74) is 1.23. The Morgan fingerprint density at radius 2 is 1.91 bits per heavy atom. The number of anilines is 1. The van der Waals surface area contributed by atoms with E-state index in [4.69, 9.17) is 37.1 Å². The van der Waals surface area contributed by atoms with Crippen LogP contribution in [0.15, 0.2) is 68.6 Å². The van der Waals surface area contributed by atoms with Gasteiger partial charge in [-0.25, -0.2) is 0 Å². The largest absolute Gasteiger partial charge is 0.503 e. The smallest absolute Gasteiger partial charge is 0.296 e. The van der Waals surface area contributed by atoms with Gasteiger partial charge in [0.15, 0.2) is 27.4 Å². The first-order valence-corrected chi connectivity index (χ1v) is 16.8. The number of rotatable bonds is 13. The highest BCUT2D eigenvalue weighted by Gasteiger charge is 2.47.